The molecule has 0 unspecified atom stereocenters. The molecule has 0 aliphatic carbocycles. The fourth-order valence-corrected chi connectivity index (χ4v) is 1.36. The Morgan fingerprint density at radius 3 is 2.71 bits per heavy atom. The van der Waals surface area contributed by atoms with E-state index in [9.17, 15) is 4.39 Å². The fraction of sp³-hybridized carbons (Fsp3) is 0. The summed E-state index contributed by atoms with van der Waals surface area (Å²) in [5, 5.41) is 0. The molecule has 2 heteroatoms. The van der Waals surface area contributed by atoms with Crippen molar-refractivity contribution in [3.63, 3.8) is 0 Å². The lowest BCUT2D eigenvalue weighted by atomic mass is 10.1. The van der Waals surface area contributed by atoms with Gasteiger partial charge >= 0.3 is 0 Å². The Hall–Kier alpha value is -1.83. The van der Waals surface area contributed by atoms with Crippen molar-refractivity contribution in [1.82, 2.24) is 4.98 Å². The van der Waals surface area contributed by atoms with Gasteiger partial charge in [0.25, 0.3) is 0 Å². The number of hydrogen-bond donors (Lipinski definition) is 1. The SMILES string of the molecule is C=Cc1ccc(-c2cccc(F)c2)[nH]1. The molecule has 0 aliphatic rings. The summed E-state index contributed by atoms with van der Waals surface area (Å²) in [5.74, 6) is -0.225. The van der Waals surface area contributed by atoms with Crippen molar-refractivity contribution in [3.8, 4) is 11.3 Å². The first-order chi connectivity index (χ1) is 6.79. The Kier molecular flexibility index (Phi) is 2.19. The van der Waals surface area contributed by atoms with Crippen LogP contribution in [-0.2, 0) is 0 Å². The van der Waals surface area contributed by atoms with Gasteiger partial charge in [-0.25, -0.2) is 4.39 Å². The van der Waals surface area contributed by atoms with Crippen molar-refractivity contribution >= 4 is 6.08 Å². The molecule has 14 heavy (non-hydrogen) atoms. The maximum Gasteiger partial charge on any atom is 0.123 e. The van der Waals surface area contributed by atoms with Gasteiger partial charge in [-0.05, 0) is 30.3 Å². The highest BCUT2D eigenvalue weighted by Gasteiger charge is 2.00. The van der Waals surface area contributed by atoms with Crippen LogP contribution in [0.3, 0.4) is 0 Å². The van der Waals surface area contributed by atoms with E-state index in [-0.39, 0.29) is 5.82 Å². The van der Waals surface area contributed by atoms with Gasteiger partial charge in [-0.1, -0.05) is 18.7 Å². The van der Waals surface area contributed by atoms with E-state index in [2.05, 4.69) is 11.6 Å². The monoisotopic (exact) mass is 187 g/mol. The molecule has 0 saturated carbocycles. The predicted molar refractivity (Wildman–Crippen MR) is 56.3 cm³/mol. The Bertz CT molecular complexity index is 457. The largest absolute Gasteiger partial charge is 0.355 e. The zero-order chi connectivity index (χ0) is 9.97. The topological polar surface area (TPSA) is 15.8 Å². The summed E-state index contributed by atoms with van der Waals surface area (Å²) in [7, 11) is 0. The van der Waals surface area contributed by atoms with Crippen molar-refractivity contribution < 1.29 is 4.39 Å². The smallest absolute Gasteiger partial charge is 0.123 e. The zero-order valence-corrected chi connectivity index (χ0v) is 7.63. The minimum Gasteiger partial charge on any atom is -0.355 e. The van der Waals surface area contributed by atoms with Gasteiger partial charge in [-0.3, -0.25) is 0 Å². The number of hydrogen-bond acceptors (Lipinski definition) is 0. The number of aromatic amines is 1. The maximum absolute atomic E-state index is 12.9. The average Bonchev–Trinajstić information content (AvgIpc) is 2.66. The Balaban J connectivity index is 2.43. The van der Waals surface area contributed by atoms with Crippen LogP contribution in [0.4, 0.5) is 4.39 Å². The highest BCUT2D eigenvalue weighted by Crippen LogP contribution is 2.19. The zero-order valence-electron chi connectivity index (χ0n) is 7.63. The lowest BCUT2D eigenvalue weighted by Crippen LogP contribution is -1.79. The molecule has 0 amide bonds. The summed E-state index contributed by atoms with van der Waals surface area (Å²) in [6.07, 6.45) is 1.72. The van der Waals surface area contributed by atoms with Gasteiger partial charge in [0.2, 0.25) is 0 Å². The summed E-state index contributed by atoms with van der Waals surface area (Å²) < 4.78 is 12.9. The fourth-order valence-electron chi connectivity index (χ4n) is 1.36. The van der Waals surface area contributed by atoms with Gasteiger partial charge in [0, 0.05) is 17.0 Å². The van der Waals surface area contributed by atoms with Gasteiger partial charge < -0.3 is 4.98 Å². The number of benzene rings is 1. The van der Waals surface area contributed by atoms with Crippen LogP contribution in [0.1, 0.15) is 5.69 Å². The second-order valence-electron chi connectivity index (χ2n) is 3.04. The van der Waals surface area contributed by atoms with E-state index >= 15 is 0 Å². The van der Waals surface area contributed by atoms with E-state index < -0.39 is 0 Å². The van der Waals surface area contributed by atoms with Crippen LogP contribution >= 0.6 is 0 Å². The molecular formula is C12H10FN. The van der Waals surface area contributed by atoms with Crippen LogP contribution in [0.15, 0.2) is 43.0 Å². The standard InChI is InChI=1S/C12H10FN/c1-2-11-6-7-12(14-11)9-4-3-5-10(13)8-9/h2-8,14H,1H2. The van der Waals surface area contributed by atoms with Crippen molar-refractivity contribution in [2.45, 2.75) is 0 Å². The second kappa shape index (κ2) is 3.50. The molecule has 1 heterocycles. The molecule has 1 aromatic heterocycles. The first-order valence-corrected chi connectivity index (χ1v) is 4.37. The minimum absolute atomic E-state index is 0.225. The quantitative estimate of drug-likeness (QED) is 0.741. The van der Waals surface area contributed by atoms with E-state index in [4.69, 9.17) is 0 Å². The first kappa shape index (κ1) is 8.75. The molecule has 1 nitrogen and oxygen atoms in total. The maximum atomic E-state index is 12.9. The van der Waals surface area contributed by atoms with Crippen LogP contribution in [0.2, 0.25) is 0 Å². The normalized spacial score (nSPS) is 10.1. The molecular weight excluding hydrogens is 177 g/mol. The van der Waals surface area contributed by atoms with Gasteiger partial charge in [-0.15, -0.1) is 0 Å². The highest BCUT2D eigenvalue weighted by atomic mass is 19.1. The third-order valence-corrected chi connectivity index (χ3v) is 2.06. The molecule has 0 bridgehead atoms. The molecule has 2 rings (SSSR count). The van der Waals surface area contributed by atoms with Crippen LogP contribution in [0.5, 0.6) is 0 Å². The van der Waals surface area contributed by atoms with Crippen molar-refractivity contribution in [1.29, 1.82) is 0 Å². The number of halogens is 1. The van der Waals surface area contributed by atoms with E-state index in [1.54, 1.807) is 12.1 Å². The molecule has 0 radical (unpaired) electrons. The van der Waals surface area contributed by atoms with E-state index in [0.29, 0.717) is 0 Å². The molecule has 0 atom stereocenters. The number of H-pyrrole nitrogens is 1. The number of nitrogens with one attached hydrogen (secondary N) is 1. The minimum atomic E-state index is -0.225. The summed E-state index contributed by atoms with van der Waals surface area (Å²) in [4.78, 5) is 3.12. The third kappa shape index (κ3) is 1.59. The Morgan fingerprint density at radius 2 is 2.07 bits per heavy atom. The first-order valence-electron chi connectivity index (χ1n) is 4.37. The molecule has 0 fully saturated rings. The van der Waals surface area contributed by atoms with E-state index in [1.807, 2.05) is 18.2 Å². The van der Waals surface area contributed by atoms with Crippen molar-refractivity contribution in [2.75, 3.05) is 0 Å². The van der Waals surface area contributed by atoms with Gasteiger partial charge in [-0.2, -0.15) is 0 Å². The van der Waals surface area contributed by atoms with Crippen LogP contribution in [-0.4, -0.2) is 4.98 Å². The summed E-state index contributed by atoms with van der Waals surface area (Å²) in [6, 6.07) is 10.3. The lowest BCUT2D eigenvalue weighted by Gasteiger charge is -1.97. The van der Waals surface area contributed by atoms with E-state index in [0.717, 1.165) is 17.0 Å². The van der Waals surface area contributed by atoms with E-state index in [1.165, 1.54) is 12.1 Å². The third-order valence-electron chi connectivity index (χ3n) is 2.06. The number of rotatable bonds is 2. The predicted octanol–water partition coefficient (Wildman–Crippen LogP) is 3.46. The molecule has 2 aromatic rings. The van der Waals surface area contributed by atoms with Crippen LogP contribution in [0.25, 0.3) is 17.3 Å². The summed E-state index contributed by atoms with van der Waals surface area (Å²) in [5.41, 5.74) is 2.68. The van der Waals surface area contributed by atoms with Crippen molar-refractivity contribution in [2.24, 2.45) is 0 Å². The average molecular weight is 187 g/mol. The lowest BCUT2D eigenvalue weighted by molar-refractivity contribution is 0.628. The summed E-state index contributed by atoms with van der Waals surface area (Å²) >= 11 is 0. The molecule has 0 saturated heterocycles. The Morgan fingerprint density at radius 1 is 1.21 bits per heavy atom. The van der Waals surface area contributed by atoms with Gasteiger partial charge in [0.05, 0.1) is 0 Å². The van der Waals surface area contributed by atoms with Crippen molar-refractivity contribution in [3.05, 3.63) is 54.5 Å². The highest BCUT2D eigenvalue weighted by molar-refractivity contribution is 5.62. The number of aromatic nitrogens is 1. The van der Waals surface area contributed by atoms with Gasteiger partial charge in [0.1, 0.15) is 5.82 Å². The summed E-state index contributed by atoms with van der Waals surface area (Å²) in [6.45, 7) is 3.65. The molecule has 0 spiro atoms. The molecule has 1 N–H and O–H groups in total. The molecule has 1 aromatic carbocycles. The second-order valence-corrected chi connectivity index (χ2v) is 3.04. The van der Waals surface area contributed by atoms with Crippen LogP contribution < -0.4 is 0 Å². The van der Waals surface area contributed by atoms with Crippen LogP contribution in [0, 0.1) is 5.82 Å². The van der Waals surface area contributed by atoms with Gasteiger partial charge in [0.15, 0.2) is 0 Å². The Labute approximate surface area is 81.9 Å². The molecule has 0 aliphatic heterocycles. The molecule has 70 valence electrons.